The van der Waals surface area contributed by atoms with E-state index in [0.29, 0.717) is 27.8 Å². The molecule has 5 nitrogen and oxygen atoms in total. The van der Waals surface area contributed by atoms with Gasteiger partial charge in [0.2, 0.25) is 0 Å². The molecule has 0 fully saturated rings. The maximum atomic E-state index is 12.3. The highest BCUT2D eigenvalue weighted by molar-refractivity contribution is 6.30. The van der Waals surface area contributed by atoms with Crippen molar-refractivity contribution in [3.05, 3.63) is 76.9 Å². The molecular formula is C19H16ClN3O2. The molecule has 0 radical (unpaired) electrons. The summed E-state index contributed by atoms with van der Waals surface area (Å²) in [5.41, 5.74) is 7.52. The zero-order valence-electron chi connectivity index (χ0n) is 13.5. The molecule has 3 N–H and O–H groups in total. The Bertz CT molecular complexity index is 911. The van der Waals surface area contributed by atoms with Crippen LogP contribution in [0.2, 0.25) is 5.02 Å². The first-order valence-corrected chi connectivity index (χ1v) is 7.97. The van der Waals surface area contributed by atoms with Gasteiger partial charge in [-0.05, 0) is 61.5 Å². The molecular weight excluding hydrogens is 338 g/mol. The molecule has 1 aromatic heterocycles. The van der Waals surface area contributed by atoms with Crippen molar-refractivity contribution in [2.75, 3.05) is 11.1 Å². The third-order valence-corrected chi connectivity index (χ3v) is 3.69. The van der Waals surface area contributed by atoms with Gasteiger partial charge in [0.25, 0.3) is 5.91 Å². The number of nitrogens with one attached hydrogen (secondary N) is 1. The number of pyridine rings is 1. The number of nitrogens with zero attached hydrogens (tertiary/aromatic N) is 1. The predicted octanol–water partition coefficient (Wildman–Crippen LogP) is 4.67. The van der Waals surface area contributed by atoms with E-state index < -0.39 is 0 Å². The van der Waals surface area contributed by atoms with Crippen molar-refractivity contribution < 1.29 is 9.53 Å². The average Bonchev–Trinajstić information content (AvgIpc) is 2.56. The summed E-state index contributed by atoms with van der Waals surface area (Å²) in [5, 5.41) is 3.39. The number of anilines is 2. The highest BCUT2D eigenvalue weighted by atomic mass is 35.5. The number of nitrogens with two attached hydrogens (primary N) is 1. The lowest BCUT2D eigenvalue weighted by Gasteiger charge is -2.09. The Morgan fingerprint density at radius 3 is 2.52 bits per heavy atom. The van der Waals surface area contributed by atoms with Gasteiger partial charge in [-0.2, -0.15) is 0 Å². The molecule has 0 unspecified atom stereocenters. The van der Waals surface area contributed by atoms with Crippen molar-refractivity contribution in [3.63, 3.8) is 0 Å². The largest absolute Gasteiger partial charge is 0.457 e. The number of halogens is 1. The second-order valence-corrected chi connectivity index (χ2v) is 5.86. The number of carbonyl (C=O) groups excluding carboxylic acids is 1. The lowest BCUT2D eigenvalue weighted by Crippen LogP contribution is -2.15. The van der Waals surface area contributed by atoms with Gasteiger partial charge < -0.3 is 15.8 Å². The molecule has 1 amide bonds. The molecule has 1 heterocycles. The Morgan fingerprint density at radius 1 is 1.08 bits per heavy atom. The van der Waals surface area contributed by atoms with Crippen LogP contribution in [0.5, 0.6) is 11.5 Å². The quantitative estimate of drug-likeness (QED) is 0.714. The first kappa shape index (κ1) is 16.8. The molecule has 126 valence electrons. The number of carbonyl (C=O) groups is 1. The average molecular weight is 354 g/mol. The zero-order valence-corrected chi connectivity index (χ0v) is 14.2. The van der Waals surface area contributed by atoms with Crippen molar-refractivity contribution in [3.8, 4) is 11.5 Å². The minimum absolute atomic E-state index is 0.207. The maximum Gasteiger partial charge on any atom is 0.259 e. The van der Waals surface area contributed by atoms with E-state index in [9.17, 15) is 4.79 Å². The van der Waals surface area contributed by atoms with Crippen LogP contribution in [0.4, 0.5) is 11.5 Å². The fourth-order valence-electron chi connectivity index (χ4n) is 2.24. The van der Waals surface area contributed by atoms with Gasteiger partial charge in [0.05, 0.1) is 5.56 Å². The van der Waals surface area contributed by atoms with Crippen molar-refractivity contribution in [1.29, 1.82) is 0 Å². The topological polar surface area (TPSA) is 77.2 Å². The molecule has 0 aliphatic rings. The van der Waals surface area contributed by atoms with E-state index in [1.54, 1.807) is 48.5 Å². The Hall–Kier alpha value is -3.05. The molecule has 0 bridgehead atoms. The third kappa shape index (κ3) is 4.28. The van der Waals surface area contributed by atoms with E-state index in [4.69, 9.17) is 22.1 Å². The van der Waals surface area contributed by atoms with Crippen LogP contribution in [0.25, 0.3) is 0 Å². The Balaban J connectivity index is 1.69. The lowest BCUT2D eigenvalue weighted by molar-refractivity contribution is 0.102. The second kappa shape index (κ2) is 7.23. The van der Waals surface area contributed by atoms with Crippen molar-refractivity contribution in [2.45, 2.75) is 6.92 Å². The molecule has 0 spiro atoms. The molecule has 0 aliphatic heterocycles. The number of hydrogen-bond acceptors (Lipinski definition) is 4. The molecule has 3 aromatic rings. The summed E-state index contributed by atoms with van der Waals surface area (Å²) < 4.78 is 5.71. The van der Waals surface area contributed by atoms with Crippen LogP contribution in [-0.2, 0) is 0 Å². The third-order valence-electron chi connectivity index (χ3n) is 3.45. The fraction of sp³-hybridized carbons (Fsp3) is 0.0526. The Morgan fingerprint density at radius 2 is 1.84 bits per heavy atom. The van der Waals surface area contributed by atoms with Crippen LogP contribution in [0.15, 0.2) is 60.7 Å². The summed E-state index contributed by atoms with van der Waals surface area (Å²) in [6.45, 7) is 1.82. The van der Waals surface area contributed by atoms with Crippen molar-refractivity contribution >= 4 is 29.0 Å². The van der Waals surface area contributed by atoms with Gasteiger partial charge in [0.15, 0.2) is 0 Å². The normalized spacial score (nSPS) is 10.3. The summed E-state index contributed by atoms with van der Waals surface area (Å²) in [5.74, 6) is 1.17. The van der Waals surface area contributed by atoms with E-state index in [1.165, 1.54) is 0 Å². The standard InChI is InChI=1S/C19H16ClN3O2/c1-12-5-10-17(18(21)22-12)19(24)23-14-6-8-15(9-7-14)25-16-4-2-3-13(20)11-16/h2-11H,1H3,(H2,21,22)(H,23,24). The summed E-state index contributed by atoms with van der Waals surface area (Å²) in [4.78, 5) is 16.4. The summed E-state index contributed by atoms with van der Waals surface area (Å²) in [7, 11) is 0. The summed E-state index contributed by atoms with van der Waals surface area (Å²) in [6.07, 6.45) is 0. The monoisotopic (exact) mass is 353 g/mol. The molecule has 0 aliphatic carbocycles. The van der Waals surface area contributed by atoms with Gasteiger partial charge in [-0.15, -0.1) is 0 Å². The summed E-state index contributed by atoms with van der Waals surface area (Å²) >= 11 is 5.93. The maximum absolute atomic E-state index is 12.3. The van der Waals surface area contributed by atoms with Crippen molar-refractivity contribution in [2.24, 2.45) is 0 Å². The minimum atomic E-state index is -0.312. The summed E-state index contributed by atoms with van der Waals surface area (Å²) in [6, 6.07) is 17.5. The molecule has 0 saturated carbocycles. The van der Waals surface area contributed by atoms with Gasteiger partial charge in [-0.3, -0.25) is 4.79 Å². The van der Waals surface area contributed by atoms with E-state index >= 15 is 0 Å². The molecule has 2 aromatic carbocycles. The number of nitrogen functional groups attached to an aromatic ring is 1. The van der Waals surface area contributed by atoms with Gasteiger partial charge in [-0.1, -0.05) is 17.7 Å². The van der Waals surface area contributed by atoms with Crippen molar-refractivity contribution in [1.82, 2.24) is 4.98 Å². The first-order chi connectivity index (χ1) is 12.0. The fourth-order valence-corrected chi connectivity index (χ4v) is 2.42. The van der Waals surface area contributed by atoms with Gasteiger partial charge >= 0.3 is 0 Å². The second-order valence-electron chi connectivity index (χ2n) is 5.42. The molecule has 0 saturated heterocycles. The zero-order chi connectivity index (χ0) is 17.8. The number of benzene rings is 2. The SMILES string of the molecule is Cc1ccc(C(=O)Nc2ccc(Oc3cccc(Cl)c3)cc2)c(N)n1. The van der Waals surface area contributed by atoms with E-state index in [2.05, 4.69) is 10.3 Å². The number of amides is 1. The minimum Gasteiger partial charge on any atom is -0.457 e. The van der Waals surface area contributed by atoms with E-state index in [0.717, 1.165) is 5.69 Å². The van der Waals surface area contributed by atoms with Gasteiger partial charge in [-0.25, -0.2) is 4.98 Å². The van der Waals surface area contributed by atoms with Crippen LogP contribution < -0.4 is 15.8 Å². The number of ether oxygens (including phenoxy) is 1. The first-order valence-electron chi connectivity index (χ1n) is 7.59. The Labute approximate surface area is 150 Å². The van der Waals surface area contributed by atoms with E-state index in [1.807, 2.05) is 19.1 Å². The van der Waals surface area contributed by atoms with Gasteiger partial charge in [0, 0.05) is 16.4 Å². The van der Waals surface area contributed by atoms with Crippen LogP contribution in [0.1, 0.15) is 16.1 Å². The smallest absolute Gasteiger partial charge is 0.259 e. The van der Waals surface area contributed by atoms with Crippen LogP contribution in [-0.4, -0.2) is 10.9 Å². The molecule has 6 heteroatoms. The molecule has 25 heavy (non-hydrogen) atoms. The number of aromatic nitrogens is 1. The van der Waals surface area contributed by atoms with Crippen LogP contribution in [0.3, 0.4) is 0 Å². The lowest BCUT2D eigenvalue weighted by atomic mass is 10.2. The Kier molecular flexibility index (Phi) is 4.86. The highest BCUT2D eigenvalue weighted by Crippen LogP contribution is 2.25. The number of hydrogen-bond donors (Lipinski definition) is 2. The number of aryl methyl sites for hydroxylation is 1. The van der Waals surface area contributed by atoms with Crippen LogP contribution in [0, 0.1) is 6.92 Å². The number of rotatable bonds is 4. The van der Waals surface area contributed by atoms with Gasteiger partial charge in [0.1, 0.15) is 17.3 Å². The highest BCUT2D eigenvalue weighted by Gasteiger charge is 2.11. The molecule has 3 rings (SSSR count). The predicted molar refractivity (Wildman–Crippen MR) is 99.3 cm³/mol. The van der Waals surface area contributed by atoms with Crippen LogP contribution >= 0.6 is 11.6 Å². The van der Waals surface area contributed by atoms with E-state index in [-0.39, 0.29) is 11.7 Å². The molecule has 0 atom stereocenters.